The van der Waals surface area contributed by atoms with Crippen molar-refractivity contribution in [1.82, 2.24) is 4.90 Å². The van der Waals surface area contributed by atoms with E-state index in [-0.39, 0.29) is 6.04 Å². The molecule has 3 atom stereocenters. The van der Waals surface area contributed by atoms with Crippen molar-refractivity contribution in [2.75, 3.05) is 14.2 Å². The molecule has 3 rings (SSSR count). The average molecular weight is 353 g/mol. The van der Waals surface area contributed by atoms with Crippen molar-refractivity contribution in [2.45, 2.75) is 50.2 Å². The van der Waals surface area contributed by atoms with Gasteiger partial charge in [-0.3, -0.25) is 0 Å². The molecule has 1 aromatic carbocycles. The van der Waals surface area contributed by atoms with Gasteiger partial charge in [0.1, 0.15) is 5.75 Å². The van der Waals surface area contributed by atoms with Gasteiger partial charge in [-0.1, -0.05) is 6.07 Å². The topological polar surface area (TPSA) is 38.5 Å². The fourth-order valence-corrected chi connectivity index (χ4v) is 4.67. The number of ether oxygens (including phenoxy) is 1. The second kappa shape index (κ2) is 6.27. The Morgan fingerprint density at radius 1 is 1.33 bits per heavy atom. The zero-order chi connectivity index (χ0) is 15.0. The molecular weight excluding hydrogens is 328 g/mol. The third-order valence-corrected chi connectivity index (χ3v) is 6.05. The highest BCUT2D eigenvalue weighted by Gasteiger charge is 2.40. The Bertz CT molecular complexity index is 494. The first-order chi connectivity index (χ1) is 10.1. The molecule has 2 heterocycles. The van der Waals surface area contributed by atoms with Gasteiger partial charge in [-0.2, -0.15) is 0 Å². The first-order valence-electron chi connectivity index (χ1n) is 7.88. The smallest absolute Gasteiger partial charge is 0.133 e. The summed E-state index contributed by atoms with van der Waals surface area (Å²) in [5.74, 6) is 1.55. The van der Waals surface area contributed by atoms with E-state index in [0.29, 0.717) is 5.92 Å². The number of methoxy groups -OCH3 is 1. The van der Waals surface area contributed by atoms with E-state index >= 15 is 0 Å². The Morgan fingerprint density at radius 3 is 2.57 bits per heavy atom. The van der Waals surface area contributed by atoms with E-state index in [1.54, 1.807) is 7.11 Å². The predicted molar refractivity (Wildman–Crippen MR) is 89.7 cm³/mol. The quantitative estimate of drug-likeness (QED) is 0.904. The lowest BCUT2D eigenvalue weighted by Gasteiger charge is -2.38. The van der Waals surface area contributed by atoms with Crippen LogP contribution in [-0.2, 0) is 6.42 Å². The second-order valence-electron chi connectivity index (χ2n) is 6.62. The minimum absolute atomic E-state index is 0.266. The van der Waals surface area contributed by atoms with E-state index in [0.717, 1.165) is 28.7 Å². The summed E-state index contributed by atoms with van der Waals surface area (Å²) in [6.07, 6.45) is 6.21. The van der Waals surface area contributed by atoms with Gasteiger partial charge < -0.3 is 15.4 Å². The Labute approximate surface area is 136 Å². The van der Waals surface area contributed by atoms with Crippen molar-refractivity contribution in [3.05, 3.63) is 28.2 Å². The fraction of sp³-hybridized carbons (Fsp3) is 0.647. The molecule has 116 valence electrons. The van der Waals surface area contributed by atoms with Crippen LogP contribution < -0.4 is 10.5 Å². The highest BCUT2D eigenvalue weighted by Crippen LogP contribution is 2.39. The molecule has 3 unspecified atom stereocenters. The molecular formula is C17H25BrN2O. The van der Waals surface area contributed by atoms with Gasteiger partial charge in [0.15, 0.2) is 0 Å². The number of nitrogens with zero attached hydrogens (tertiary/aromatic N) is 1. The van der Waals surface area contributed by atoms with E-state index in [9.17, 15) is 0 Å². The lowest BCUT2D eigenvalue weighted by Crippen LogP contribution is -2.46. The average Bonchev–Trinajstić information content (AvgIpc) is 2.69. The number of benzene rings is 1. The fourth-order valence-electron chi connectivity index (χ4n) is 4.08. The molecule has 0 spiro atoms. The lowest BCUT2D eigenvalue weighted by atomic mass is 9.83. The number of halogens is 1. The Morgan fingerprint density at radius 2 is 2.00 bits per heavy atom. The van der Waals surface area contributed by atoms with Crippen molar-refractivity contribution in [1.29, 1.82) is 0 Å². The molecule has 0 aromatic heterocycles. The zero-order valence-corrected chi connectivity index (χ0v) is 14.5. The van der Waals surface area contributed by atoms with Crippen LogP contribution in [0, 0.1) is 5.92 Å². The Hall–Kier alpha value is -0.580. The van der Waals surface area contributed by atoms with Crippen LogP contribution in [0.1, 0.15) is 31.2 Å². The molecule has 2 fully saturated rings. The number of hydrogen-bond acceptors (Lipinski definition) is 3. The van der Waals surface area contributed by atoms with Crippen molar-refractivity contribution >= 4 is 15.9 Å². The molecule has 0 aliphatic carbocycles. The van der Waals surface area contributed by atoms with E-state index in [1.165, 1.54) is 31.2 Å². The van der Waals surface area contributed by atoms with Crippen LogP contribution in [0.2, 0.25) is 0 Å². The molecule has 0 radical (unpaired) electrons. The SMILES string of the molecule is COc1ccc(CC(N)C2CC3CCC(C2)N3C)cc1Br. The van der Waals surface area contributed by atoms with E-state index < -0.39 is 0 Å². The molecule has 0 saturated carbocycles. The van der Waals surface area contributed by atoms with Gasteiger partial charge in [0.2, 0.25) is 0 Å². The third kappa shape index (κ3) is 3.13. The van der Waals surface area contributed by atoms with Gasteiger partial charge in [-0.05, 0) is 78.7 Å². The first kappa shape index (κ1) is 15.3. The number of fused-ring (bicyclic) bond motifs is 2. The van der Waals surface area contributed by atoms with Crippen molar-refractivity contribution in [3.63, 3.8) is 0 Å². The van der Waals surface area contributed by atoms with Crippen LogP contribution in [0.25, 0.3) is 0 Å². The highest BCUT2D eigenvalue weighted by atomic mass is 79.9. The summed E-state index contributed by atoms with van der Waals surface area (Å²) in [5, 5.41) is 0. The minimum atomic E-state index is 0.266. The summed E-state index contributed by atoms with van der Waals surface area (Å²) in [7, 11) is 3.98. The molecule has 1 aromatic rings. The predicted octanol–water partition coefficient (Wildman–Crippen LogP) is 3.20. The van der Waals surface area contributed by atoms with Crippen LogP contribution in [-0.4, -0.2) is 37.2 Å². The molecule has 2 aliphatic rings. The summed E-state index contributed by atoms with van der Waals surface area (Å²) in [6, 6.07) is 8.09. The maximum atomic E-state index is 6.53. The summed E-state index contributed by atoms with van der Waals surface area (Å²) >= 11 is 3.56. The molecule has 4 heteroatoms. The van der Waals surface area contributed by atoms with Crippen LogP contribution >= 0.6 is 15.9 Å². The Kier molecular flexibility index (Phi) is 4.57. The normalized spacial score (nSPS) is 30.4. The molecule has 21 heavy (non-hydrogen) atoms. The van der Waals surface area contributed by atoms with E-state index in [2.05, 4.69) is 40.0 Å². The molecule has 2 bridgehead atoms. The van der Waals surface area contributed by atoms with Crippen LogP contribution in [0.15, 0.2) is 22.7 Å². The van der Waals surface area contributed by atoms with Crippen LogP contribution in [0.3, 0.4) is 0 Å². The summed E-state index contributed by atoms with van der Waals surface area (Å²) in [5.41, 5.74) is 7.83. The van der Waals surface area contributed by atoms with Gasteiger partial charge in [0.25, 0.3) is 0 Å². The number of rotatable bonds is 4. The number of hydrogen-bond donors (Lipinski definition) is 1. The van der Waals surface area contributed by atoms with E-state index in [1.807, 2.05) is 6.07 Å². The zero-order valence-electron chi connectivity index (χ0n) is 12.9. The Balaban J connectivity index is 1.64. The lowest BCUT2D eigenvalue weighted by molar-refractivity contribution is 0.120. The maximum Gasteiger partial charge on any atom is 0.133 e. The van der Waals surface area contributed by atoms with Gasteiger partial charge in [0.05, 0.1) is 11.6 Å². The van der Waals surface area contributed by atoms with Gasteiger partial charge in [-0.15, -0.1) is 0 Å². The standard InChI is InChI=1S/C17H25BrN2O/c1-20-13-4-5-14(20)10-12(9-13)16(19)8-11-3-6-17(21-2)15(18)7-11/h3,6-7,12-14,16H,4-5,8-10,19H2,1-2H3. The van der Waals surface area contributed by atoms with E-state index in [4.69, 9.17) is 10.5 Å². The molecule has 2 aliphatic heterocycles. The monoisotopic (exact) mass is 352 g/mol. The van der Waals surface area contributed by atoms with Gasteiger partial charge in [-0.25, -0.2) is 0 Å². The number of nitrogens with two attached hydrogens (primary N) is 1. The molecule has 2 saturated heterocycles. The largest absolute Gasteiger partial charge is 0.496 e. The highest BCUT2D eigenvalue weighted by molar-refractivity contribution is 9.10. The molecule has 3 nitrogen and oxygen atoms in total. The van der Waals surface area contributed by atoms with Crippen molar-refractivity contribution in [2.24, 2.45) is 11.7 Å². The summed E-state index contributed by atoms with van der Waals surface area (Å²) < 4.78 is 6.30. The summed E-state index contributed by atoms with van der Waals surface area (Å²) in [4.78, 5) is 2.58. The number of piperidine rings is 1. The van der Waals surface area contributed by atoms with Crippen molar-refractivity contribution in [3.8, 4) is 5.75 Å². The van der Waals surface area contributed by atoms with Crippen molar-refractivity contribution < 1.29 is 4.74 Å². The summed E-state index contributed by atoms with van der Waals surface area (Å²) in [6.45, 7) is 0. The van der Waals surface area contributed by atoms with Gasteiger partial charge in [0, 0.05) is 18.1 Å². The third-order valence-electron chi connectivity index (χ3n) is 5.43. The second-order valence-corrected chi connectivity index (χ2v) is 7.47. The molecule has 2 N–H and O–H groups in total. The first-order valence-corrected chi connectivity index (χ1v) is 8.67. The maximum absolute atomic E-state index is 6.53. The van der Waals surface area contributed by atoms with Gasteiger partial charge >= 0.3 is 0 Å². The minimum Gasteiger partial charge on any atom is -0.496 e. The van der Waals surface area contributed by atoms with Crippen LogP contribution in [0.5, 0.6) is 5.75 Å². The van der Waals surface area contributed by atoms with Crippen LogP contribution in [0.4, 0.5) is 0 Å². The molecule has 0 amide bonds.